The molecule has 2 aromatic rings. The van der Waals surface area contributed by atoms with Gasteiger partial charge in [0.2, 0.25) is 0 Å². The van der Waals surface area contributed by atoms with Crippen LogP contribution in [0.5, 0.6) is 0 Å². The number of likely N-dealkylation sites (tertiary alicyclic amines) is 1. The molecule has 1 aliphatic heterocycles. The second kappa shape index (κ2) is 8.85. The van der Waals surface area contributed by atoms with Crippen molar-refractivity contribution in [2.45, 2.75) is 56.1 Å². The van der Waals surface area contributed by atoms with Crippen LogP contribution in [-0.4, -0.2) is 40.8 Å². The summed E-state index contributed by atoms with van der Waals surface area (Å²) in [6.07, 6.45) is 5.31. The summed E-state index contributed by atoms with van der Waals surface area (Å²) in [5.41, 5.74) is 2.61. The number of benzene rings is 2. The van der Waals surface area contributed by atoms with Gasteiger partial charge in [-0.2, -0.15) is 5.26 Å². The Bertz CT molecular complexity index is 934. The van der Waals surface area contributed by atoms with Crippen LogP contribution in [0, 0.1) is 17.1 Å². The van der Waals surface area contributed by atoms with Crippen LogP contribution in [0.25, 0.3) is 11.1 Å². The van der Waals surface area contributed by atoms with E-state index in [1.807, 2.05) is 24.3 Å². The molecule has 1 aliphatic carbocycles. The van der Waals surface area contributed by atoms with E-state index in [1.54, 1.807) is 12.1 Å². The van der Waals surface area contributed by atoms with Gasteiger partial charge in [-0.1, -0.05) is 55.7 Å². The molecule has 2 N–H and O–H groups in total. The summed E-state index contributed by atoms with van der Waals surface area (Å²) in [5, 5.41) is 23.0. The number of halogens is 1. The van der Waals surface area contributed by atoms with Crippen LogP contribution in [0.1, 0.15) is 43.6 Å². The first-order chi connectivity index (χ1) is 14.6. The Labute approximate surface area is 176 Å². The summed E-state index contributed by atoms with van der Waals surface area (Å²) in [5.74, 6) is -0.619. The van der Waals surface area contributed by atoms with E-state index in [-0.39, 0.29) is 30.4 Å². The van der Waals surface area contributed by atoms with Gasteiger partial charge < -0.3 is 15.3 Å². The van der Waals surface area contributed by atoms with E-state index < -0.39 is 12.1 Å². The van der Waals surface area contributed by atoms with Gasteiger partial charge in [0.05, 0.1) is 18.7 Å². The zero-order valence-corrected chi connectivity index (χ0v) is 16.8. The van der Waals surface area contributed by atoms with Gasteiger partial charge in [0.15, 0.2) is 0 Å². The van der Waals surface area contributed by atoms with E-state index in [2.05, 4.69) is 11.4 Å². The molecular weight excluding hydrogens is 381 g/mol. The zero-order valence-electron chi connectivity index (χ0n) is 16.8. The third-order valence-electron chi connectivity index (χ3n) is 6.37. The van der Waals surface area contributed by atoms with Crippen LogP contribution >= 0.6 is 0 Å². The van der Waals surface area contributed by atoms with Crippen LogP contribution in [0.4, 0.5) is 9.18 Å². The number of nitrogens with zero attached hydrogens (tertiary/aromatic N) is 2. The number of amides is 2. The van der Waals surface area contributed by atoms with Gasteiger partial charge in [-0.3, -0.25) is 0 Å². The molecule has 1 heterocycles. The first-order valence-electron chi connectivity index (χ1n) is 10.6. The average Bonchev–Trinajstić information content (AvgIpc) is 2.75. The lowest BCUT2D eigenvalue weighted by Gasteiger charge is -2.52. The van der Waals surface area contributed by atoms with Crippen molar-refractivity contribution in [3.8, 4) is 17.2 Å². The highest BCUT2D eigenvalue weighted by atomic mass is 19.1. The van der Waals surface area contributed by atoms with Crippen molar-refractivity contribution in [3.63, 3.8) is 0 Å². The number of hydrogen-bond donors (Lipinski definition) is 2. The molecule has 6 heteroatoms. The SMILES string of the molecule is N#C[C@H]1[C@H](c2ccccc2-c2ccc(F)cc2)[C@@H](CO)N1C(=O)NC1CCCCC1. The van der Waals surface area contributed by atoms with Crippen molar-refractivity contribution in [3.05, 3.63) is 59.9 Å². The fraction of sp³-hybridized carbons (Fsp3) is 0.417. The van der Waals surface area contributed by atoms with Gasteiger partial charge in [0.25, 0.3) is 0 Å². The van der Waals surface area contributed by atoms with Gasteiger partial charge in [0.1, 0.15) is 11.9 Å². The van der Waals surface area contributed by atoms with Crippen LogP contribution < -0.4 is 5.32 Å². The first kappa shape index (κ1) is 20.4. The van der Waals surface area contributed by atoms with Gasteiger partial charge in [0, 0.05) is 12.0 Å². The quantitative estimate of drug-likeness (QED) is 0.798. The minimum atomic E-state index is -0.660. The summed E-state index contributed by atoms with van der Waals surface area (Å²) in [7, 11) is 0. The normalized spacial score (nSPS) is 24.0. The van der Waals surface area contributed by atoms with E-state index in [4.69, 9.17) is 0 Å². The second-order valence-corrected chi connectivity index (χ2v) is 8.14. The van der Waals surface area contributed by atoms with Gasteiger partial charge in [-0.25, -0.2) is 9.18 Å². The molecule has 1 saturated carbocycles. The standard InChI is InChI=1S/C24H26FN3O2/c25-17-12-10-16(11-13-17)19-8-4-5-9-20(19)23-21(14-26)28(22(23)15-29)24(30)27-18-6-2-1-3-7-18/h4-5,8-13,18,21-23,29H,1-3,6-7,15H2,(H,27,30)/t21-,22+,23-/m0/s1. The van der Waals surface area contributed by atoms with Gasteiger partial charge in [-0.15, -0.1) is 0 Å². The predicted octanol–water partition coefficient (Wildman–Crippen LogP) is 4.19. The molecule has 5 nitrogen and oxygen atoms in total. The number of aliphatic hydroxyl groups excluding tert-OH is 1. The largest absolute Gasteiger partial charge is 0.394 e. The molecule has 0 radical (unpaired) electrons. The van der Waals surface area contributed by atoms with E-state index in [9.17, 15) is 19.6 Å². The Kier molecular flexibility index (Phi) is 6.01. The van der Waals surface area contributed by atoms with Crippen molar-refractivity contribution in [2.24, 2.45) is 0 Å². The molecule has 2 aromatic carbocycles. The molecule has 0 bridgehead atoms. The van der Waals surface area contributed by atoms with Gasteiger partial charge in [-0.05, 0) is 41.7 Å². The number of hydrogen-bond acceptors (Lipinski definition) is 3. The monoisotopic (exact) mass is 407 g/mol. The van der Waals surface area contributed by atoms with Crippen LogP contribution in [0.15, 0.2) is 48.5 Å². The average molecular weight is 407 g/mol. The Morgan fingerprint density at radius 1 is 1.13 bits per heavy atom. The number of carbonyl (C=O) groups is 1. The van der Waals surface area contributed by atoms with Gasteiger partial charge >= 0.3 is 6.03 Å². The topological polar surface area (TPSA) is 76.4 Å². The summed E-state index contributed by atoms with van der Waals surface area (Å²) < 4.78 is 13.4. The minimum absolute atomic E-state index is 0.135. The Morgan fingerprint density at radius 3 is 2.50 bits per heavy atom. The van der Waals surface area contributed by atoms with Crippen LogP contribution in [0.3, 0.4) is 0 Å². The molecule has 30 heavy (non-hydrogen) atoms. The van der Waals surface area contributed by atoms with Crippen molar-refractivity contribution in [2.75, 3.05) is 6.61 Å². The fourth-order valence-corrected chi connectivity index (χ4v) is 4.84. The van der Waals surface area contributed by atoms with Crippen LogP contribution in [-0.2, 0) is 0 Å². The number of rotatable bonds is 4. The summed E-state index contributed by atoms with van der Waals surface area (Å²) >= 11 is 0. The zero-order chi connectivity index (χ0) is 21.1. The summed E-state index contributed by atoms with van der Waals surface area (Å²) in [6, 6.07) is 14.8. The molecular formula is C24H26FN3O2. The Hall–Kier alpha value is -2.91. The van der Waals surface area contributed by atoms with E-state index in [0.29, 0.717) is 0 Å². The predicted molar refractivity (Wildman–Crippen MR) is 112 cm³/mol. The number of nitriles is 1. The maximum absolute atomic E-state index is 13.4. The van der Waals surface area contributed by atoms with Crippen molar-refractivity contribution in [1.29, 1.82) is 5.26 Å². The fourth-order valence-electron chi connectivity index (χ4n) is 4.84. The number of aliphatic hydroxyl groups is 1. The van der Waals surface area contributed by atoms with E-state index >= 15 is 0 Å². The Balaban J connectivity index is 1.60. The molecule has 2 fully saturated rings. The van der Waals surface area contributed by atoms with Crippen LogP contribution in [0.2, 0.25) is 0 Å². The van der Waals surface area contributed by atoms with Crippen molar-refractivity contribution >= 4 is 6.03 Å². The molecule has 4 rings (SSSR count). The minimum Gasteiger partial charge on any atom is -0.394 e. The second-order valence-electron chi connectivity index (χ2n) is 8.14. The molecule has 156 valence electrons. The third kappa shape index (κ3) is 3.78. The maximum atomic E-state index is 13.4. The summed E-state index contributed by atoms with van der Waals surface area (Å²) in [6.45, 7) is -0.224. The van der Waals surface area contributed by atoms with Crippen molar-refractivity contribution < 1.29 is 14.3 Å². The summed E-state index contributed by atoms with van der Waals surface area (Å²) in [4.78, 5) is 14.4. The smallest absolute Gasteiger partial charge is 0.319 e. The highest BCUT2D eigenvalue weighted by molar-refractivity contribution is 5.79. The van der Waals surface area contributed by atoms with E-state index in [1.165, 1.54) is 23.5 Å². The third-order valence-corrected chi connectivity index (χ3v) is 6.37. The molecule has 0 aromatic heterocycles. The first-order valence-corrected chi connectivity index (χ1v) is 10.6. The maximum Gasteiger partial charge on any atom is 0.319 e. The molecule has 2 amide bonds. The number of nitrogens with one attached hydrogen (secondary N) is 1. The highest BCUT2D eigenvalue weighted by Crippen LogP contribution is 2.44. The van der Waals surface area contributed by atoms with E-state index in [0.717, 1.165) is 42.4 Å². The molecule has 2 aliphatic rings. The molecule has 0 spiro atoms. The highest BCUT2D eigenvalue weighted by Gasteiger charge is 2.52. The molecule has 3 atom stereocenters. The lowest BCUT2D eigenvalue weighted by molar-refractivity contribution is 0.0155. The number of carbonyl (C=O) groups excluding carboxylic acids is 1. The molecule has 1 saturated heterocycles. The lowest BCUT2D eigenvalue weighted by atomic mass is 9.73. The number of urea groups is 1. The van der Waals surface area contributed by atoms with Crippen molar-refractivity contribution in [1.82, 2.24) is 10.2 Å². The molecule has 0 unspecified atom stereocenters. The Morgan fingerprint density at radius 2 is 1.83 bits per heavy atom. The lowest BCUT2D eigenvalue weighted by Crippen LogP contribution is -2.68.